The molecule has 0 bridgehead atoms. The summed E-state index contributed by atoms with van der Waals surface area (Å²) in [6.07, 6.45) is 1.72. The van der Waals surface area contributed by atoms with Crippen LogP contribution < -0.4 is 10.6 Å². The van der Waals surface area contributed by atoms with E-state index in [1.807, 2.05) is 20.8 Å². The van der Waals surface area contributed by atoms with Crippen molar-refractivity contribution in [3.05, 3.63) is 29.3 Å². The summed E-state index contributed by atoms with van der Waals surface area (Å²) >= 11 is 0. The molecule has 1 aromatic rings. The number of rotatable bonds is 11. The van der Waals surface area contributed by atoms with Gasteiger partial charge in [0.15, 0.2) is 0 Å². The van der Waals surface area contributed by atoms with E-state index in [1.54, 1.807) is 46.8 Å². The maximum absolute atomic E-state index is 13.8. The number of nitrogens with zero attached hydrogens (tertiary/aromatic N) is 1. The molecule has 34 heavy (non-hydrogen) atoms. The third-order valence-electron chi connectivity index (χ3n) is 5.70. The molecule has 0 aliphatic rings. The highest BCUT2D eigenvalue weighted by Gasteiger charge is 2.37. The number of aromatic hydroxyl groups is 1. The number of ether oxygens (including phenoxy) is 1. The quantitative estimate of drug-likeness (QED) is 0.408. The first-order valence-electron chi connectivity index (χ1n) is 12.2. The number of hydrogen-bond acceptors (Lipinski definition) is 5. The van der Waals surface area contributed by atoms with Gasteiger partial charge in [-0.2, -0.15) is 0 Å². The Bertz CT molecular complexity index is 834. The van der Waals surface area contributed by atoms with Crippen LogP contribution in [0.5, 0.6) is 5.75 Å². The van der Waals surface area contributed by atoms with E-state index < -0.39 is 23.8 Å². The first kappa shape index (κ1) is 29.3. The molecular weight excluding hydrogens is 434 g/mol. The largest absolute Gasteiger partial charge is 0.508 e. The Balaban J connectivity index is 3.38. The summed E-state index contributed by atoms with van der Waals surface area (Å²) in [7, 11) is 0. The van der Waals surface area contributed by atoms with E-state index in [2.05, 4.69) is 10.6 Å². The average Bonchev–Trinajstić information content (AvgIpc) is 2.75. The van der Waals surface area contributed by atoms with Gasteiger partial charge in [-0.15, -0.1) is 0 Å². The van der Waals surface area contributed by atoms with Gasteiger partial charge < -0.3 is 25.4 Å². The topological polar surface area (TPSA) is 108 Å². The van der Waals surface area contributed by atoms with Gasteiger partial charge in [0, 0.05) is 13.1 Å². The maximum atomic E-state index is 13.8. The molecule has 0 saturated carbocycles. The highest BCUT2D eigenvalue weighted by molar-refractivity contribution is 5.92. The van der Waals surface area contributed by atoms with Crippen molar-refractivity contribution in [1.29, 1.82) is 0 Å². The lowest BCUT2D eigenvalue weighted by Gasteiger charge is -2.35. The number of unbranched alkanes of at least 4 members (excludes halogenated alkanes) is 1. The second kappa shape index (κ2) is 13.2. The smallest absolute Gasteiger partial charge is 0.408 e. The number of phenols is 1. The van der Waals surface area contributed by atoms with Crippen molar-refractivity contribution in [2.75, 3.05) is 13.1 Å². The maximum Gasteiger partial charge on any atom is 0.408 e. The molecule has 0 radical (unpaired) electrons. The summed E-state index contributed by atoms with van der Waals surface area (Å²) in [6, 6.07) is 3.14. The van der Waals surface area contributed by atoms with Crippen LogP contribution in [0, 0.1) is 12.8 Å². The zero-order chi connectivity index (χ0) is 26.1. The minimum atomic E-state index is -0.902. The summed E-state index contributed by atoms with van der Waals surface area (Å²) in [5, 5.41) is 15.7. The molecular formula is C26H43N3O5. The molecule has 3 N–H and O–H groups in total. The van der Waals surface area contributed by atoms with Crippen molar-refractivity contribution >= 4 is 17.9 Å². The van der Waals surface area contributed by atoms with E-state index in [4.69, 9.17) is 4.74 Å². The van der Waals surface area contributed by atoms with E-state index >= 15 is 0 Å². The molecule has 0 spiro atoms. The molecule has 192 valence electrons. The summed E-state index contributed by atoms with van der Waals surface area (Å²) < 4.78 is 5.39. The number of carbonyl (C=O) groups is 3. The van der Waals surface area contributed by atoms with Crippen LogP contribution in [0.25, 0.3) is 0 Å². The third kappa shape index (κ3) is 8.54. The second-order valence-electron chi connectivity index (χ2n) is 9.73. The SMILES string of the molecule is CCCCNC(=O)C(c1ccc(O)c(C)c1)N(CC)C(=O)C(NC(=O)OC(C)(C)C)C(C)CC. The Hall–Kier alpha value is -2.77. The standard InChI is InChI=1S/C26H43N3O5/c1-9-12-15-27-23(31)22(19-13-14-20(30)18(5)16-19)29(11-3)24(32)21(17(4)10-2)28-25(33)34-26(6,7)8/h13-14,16-17,21-22,30H,9-12,15H2,1-8H3,(H,27,31)(H,28,33). The van der Waals surface area contributed by atoms with Crippen molar-refractivity contribution in [3.8, 4) is 5.75 Å². The first-order chi connectivity index (χ1) is 15.9. The first-order valence-corrected chi connectivity index (χ1v) is 12.2. The van der Waals surface area contributed by atoms with Crippen molar-refractivity contribution in [3.63, 3.8) is 0 Å². The van der Waals surface area contributed by atoms with Crippen molar-refractivity contribution < 1.29 is 24.2 Å². The van der Waals surface area contributed by atoms with Gasteiger partial charge in [-0.25, -0.2) is 4.79 Å². The normalized spacial score (nSPS) is 14.0. The summed E-state index contributed by atoms with van der Waals surface area (Å²) in [5.41, 5.74) is 0.500. The van der Waals surface area contributed by atoms with Crippen LogP contribution in [-0.4, -0.2) is 52.6 Å². The number of aryl methyl sites for hydroxylation is 1. The Labute approximate surface area is 204 Å². The van der Waals surface area contributed by atoms with Crippen LogP contribution in [0.2, 0.25) is 0 Å². The van der Waals surface area contributed by atoms with Crippen LogP contribution in [0.15, 0.2) is 18.2 Å². The zero-order valence-electron chi connectivity index (χ0n) is 22.0. The van der Waals surface area contributed by atoms with Crippen molar-refractivity contribution in [2.45, 2.75) is 92.3 Å². The average molecular weight is 478 g/mol. The Morgan fingerprint density at radius 2 is 1.79 bits per heavy atom. The fourth-order valence-electron chi connectivity index (χ4n) is 3.57. The van der Waals surface area contributed by atoms with Crippen LogP contribution in [0.3, 0.4) is 0 Å². The summed E-state index contributed by atoms with van der Waals surface area (Å²) in [6.45, 7) is 15.4. The second-order valence-corrected chi connectivity index (χ2v) is 9.73. The molecule has 0 saturated heterocycles. The predicted octanol–water partition coefficient (Wildman–Crippen LogP) is 4.45. The number of phenolic OH excluding ortho intramolecular Hbond substituents is 1. The monoisotopic (exact) mass is 477 g/mol. The number of carbonyl (C=O) groups excluding carboxylic acids is 3. The van der Waals surface area contributed by atoms with E-state index in [-0.39, 0.29) is 30.0 Å². The fraction of sp³-hybridized carbons (Fsp3) is 0.654. The molecule has 0 aromatic heterocycles. The molecule has 8 heteroatoms. The summed E-state index contributed by atoms with van der Waals surface area (Å²) in [5.74, 6) is -0.718. The predicted molar refractivity (Wildman–Crippen MR) is 134 cm³/mol. The molecule has 0 fully saturated rings. The van der Waals surface area contributed by atoms with Gasteiger partial charge >= 0.3 is 6.09 Å². The van der Waals surface area contributed by atoms with Crippen molar-refractivity contribution in [2.24, 2.45) is 5.92 Å². The van der Waals surface area contributed by atoms with Crippen LogP contribution >= 0.6 is 0 Å². The summed E-state index contributed by atoms with van der Waals surface area (Å²) in [4.78, 5) is 41.1. The van der Waals surface area contributed by atoms with Gasteiger partial charge in [-0.3, -0.25) is 9.59 Å². The van der Waals surface area contributed by atoms with Gasteiger partial charge in [0.1, 0.15) is 23.4 Å². The van der Waals surface area contributed by atoms with Gasteiger partial charge in [-0.1, -0.05) is 39.7 Å². The Morgan fingerprint density at radius 1 is 1.15 bits per heavy atom. The molecule has 3 amide bonds. The minimum Gasteiger partial charge on any atom is -0.508 e. The van der Waals surface area contributed by atoms with Crippen LogP contribution in [0.1, 0.15) is 84.9 Å². The lowest BCUT2D eigenvalue weighted by Crippen LogP contribution is -2.55. The fourth-order valence-corrected chi connectivity index (χ4v) is 3.57. The number of alkyl carbamates (subject to hydrolysis) is 1. The number of amides is 3. The molecule has 8 nitrogen and oxygen atoms in total. The van der Waals surface area contributed by atoms with E-state index in [9.17, 15) is 19.5 Å². The minimum absolute atomic E-state index is 0.118. The van der Waals surface area contributed by atoms with Gasteiger partial charge in [0.2, 0.25) is 11.8 Å². The lowest BCUT2D eigenvalue weighted by molar-refractivity contribution is -0.143. The van der Waals surface area contributed by atoms with Gasteiger partial charge in [0.05, 0.1) is 0 Å². The van der Waals surface area contributed by atoms with E-state index in [1.165, 1.54) is 11.0 Å². The molecule has 0 aliphatic heterocycles. The Kier molecular flexibility index (Phi) is 11.4. The molecule has 1 rings (SSSR count). The van der Waals surface area contributed by atoms with Crippen molar-refractivity contribution in [1.82, 2.24) is 15.5 Å². The molecule has 0 heterocycles. The third-order valence-corrected chi connectivity index (χ3v) is 5.70. The lowest BCUT2D eigenvalue weighted by atomic mass is 9.95. The van der Waals surface area contributed by atoms with Crippen LogP contribution in [0.4, 0.5) is 4.79 Å². The number of hydrogen-bond donors (Lipinski definition) is 3. The zero-order valence-corrected chi connectivity index (χ0v) is 22.0. The van der Waals surface area contributed by atoms with Gasteiger partial charge in [-0.05, 0) is 70.2 Å². The molecule has 3 atom stereocenters. The van der Waals surface area contributed by atoms with E-state index in [0.29, 0.717) is 24.1 Å². The van der Waals surface area contributed by atoms with Gasteiger partial charge in [0.25, 0.3) is 0 Å². The number of likely N-dealkylation sites (N-methyl/N-ethyl adjacent to an activating group) is 1. The molecule has 1 aromatic carbocycles. The highest BCUT2D eigenvalue weighted by Crippen LogP contribution is 2.28. The van der Waals surface area contributed by atoms with Crippen LogP contribution in [-0.2, 0) is 14.3 Å². The number of benzene rings is 1. The number of nitrogens with one attached hydrogen (secondary N) is 2. The highest BCUT2D eigenvalue weighted by atomic mass is 16.6. The molecule has 0 aliphatic carbocycles. The molecule has 3 unspecified atom stereocenters. The Morgan fingerprint density at radius 3 is 2.29 bits per heavy atom. The van der Waals surface area contributed by atoms with E-state index in [0.717, 1.165) is 12.8 Å².